The number of anilines is 2. The molecule has 0 fully saturated rings. The number of azide groups is 1. The molecule has 3 rings (SSSR count). The Hall–Kier alpha value is -8.77. The van der Waals surface area contributed by atoms with Crippen molar-refractivity contribution in [2.24, 2.45) is 5.11 Å². The smallest absolute Gasteiger partial charge is 0.326 e. The lowest BCUT2D eigenvalue weighted by Crippen LogP contribution is -2.51. The van der Waals surface area contributed by atoms with Gasteiger partial charge >= 0.3 is 41.9 Å². The lowest BCUT2D eigenvalue weighted by molar-refractivity contribution is -0.141. The third kappa shape index (κ3) is 20.4. The molecule has 0 aromatic heterocycles. The van der Waals surface area contributed by atoms with Crippen LogP contribution < -0.4 is 37.2 Å². The second-order valence-corrected chi connectivity index (χ2v) is 15.5. The van der Waals surface area contributed by atoms with Crippen LogP contribution in [0.3, 0.4) is 0 Å². The highest BCUT2D eigenvalue weighted by atomic mass is 16.4. The van der Waals surface area contributed by atoms with E-state index in [9.17, 15) is 68.4 Å². The Morgan fingerprint density at radius 1 is 0.514 bits per heavy atom. The Morgan fingerprint density at radius 3 is 1.31 bits per heavy atom. The van der Waals surface area contributed by atoms with E-state index in [0.29, 0.717) is 22.5 Å². The molecule has 0 radical (unpaired) electrons. The van der Waals surface area contributed by atoms with Crippen molar-refractivity contribution in [2.75, 3.05) is 17.2 Å². The van der Waals surface area contributed by atoms with Crippen molar-refractivity contribution in [2.45, 2.75) is 94.4 Å². The molecule has 5 atom stereocenters. The lowest BCUT2D eigenvalue weighted by atomic mass is 10.0. The van der Waals surface area contributed by atoms with E-state index in [4.69, 9.17) is 15.7 Å². The highest BCUT2D eigenvalue weighted by molar-refractivity contribution is 5.95. The fourth-order valence-electron chi connectivity index (χ4n) is 6.46. The van der Waals surface area contributed by atoms with Gasteiger partial charge in [-0.15, -0.1) is 0 Å². The zero-order valence-electron chi connectivity index (χ0n) is 37.2. The minimum atomic E-state index is -1.58. The quantitative estimate of drug-likeness (QED) is 0.0270. The maximum Gasteiger partial charge on any atom is 0.326 e. The first-order valence-electron chi connectivity index (χ1n) is 21.4. The molecule has 70 heavy (non-hydrogen) atoms. The molecule has 3 aromatic rings. The van der Waals surface area contributed by atoms with E-state index in [-0.39, 0.29) is 69.2 Å². The van der Waals surface area contributed by atoms with Crippen LogP contribution in [0.2, 0.25) is 0 Å². The monoisotopic (exact) mass is 976 g/mol. The van der Waals surface area contributed by atoms with E-state index in [1.54, 1.807) is 0 Å². The number of urea groups is 2. The fourth-order valence-corrected chi connectivity index (χ4v) is 6.46. The number of carbonyl (C=O) groups is 10. The summed E-state index contributed by atoms with van der Waals surface area (Å²) in [5.41, 5.74) is 10.6. The molecule has 0 bridgehead atoms. The molecule has 13 N–H and O–H groups in total. The number of carboxylic acids is 5. The van der Waals surface area contributed by atoms with Gasteiger partial charge in [0, 0.05) is 72.3 Å². The number of nitrogens with zero attached hydrogens (tertiary/aromatic N) is 3. The van der Waals surface area contributed by atoms with Gasteiger partial charge in [0.25, 0.3) is 5.91 Å². The molecule has 0 spiro atoms. The summed E-state index contributed by atoms with van der Waals surface area (Å²) in [6.07, 6.45) is -1.61. The number of amides is 7. The summed E-state index contributed by atoms with van der Waals surface area (Å²) in [5.74, 6) is -8.52. The molecule has 0 heterocycles. The first-order chi connectivity index (χ1) is 33.3. The predicted octanol–water partition coefficient (Wildman–Crippen LogP) is 2.70. The number of aliphatic carboxylic acids is 5. The van der Waals surface area contributed by atoms with Gasteiger partial charge in [0.1, 0.15) is 24.2 Å². The molecular formula is C44H52N10O16. The molecule has 0 aliphatic carbocycles. The van der Waals surface area contributed by atoms with Gasteiger partial charge in [0.2, 0.25) is 11.8 Å². The van der Waals surface area contributed by atoms with Gasteiger partial charge in [0.05, 0.1) is 0 Å². The van der Waals surface area contributed by atoms with E-state index >= 15 is 0 Å². The second-order valence-electron chi connectivity index (χ2n) is 15.5. The molecule has 7 amide bonds. The third-order valence-electron chi connectivity index (χ3n) is 10.1. The topological polar surface area (TPSA) is 425 Å². The Bertz CT molecular complexity index is 2390. The van der Waals surface area contributed by atoms with Gasteiger partial charge in [0.15, 0.2) is 0 Å². The molecule has 0 aliphatic rings. The summed E-state index contributed by atoms with van der Waals surface area (Å²) < 4.78 is 0. The number of benzene rings is 3. The molecule has 26 nitrogen and oxygen atoms in total. The number of carbonyl (C=O) groups excluding carboxylic acids is 5. The van der Waals surface area contributed by atoms with E-state index in [0.717, 1.165) is 0 Å². The van der Waals surface area contributed by atoms with Crippen molar-refractivity contribution >= 4 is 76.7 Å². The summed E-state index contributed by atoms with van der Waals surface area (Å²) in [7, 11) is 0. The van der Waals surface area contributed by atoms with Crippen LogP contribution in [0.1, 0.15) is 72.9 Å². The van der Waals surface area contributed by atoms with Crippen molar-refractivity contribution in [3.63, 3.8) is 0 Å². The Morgan fingerprint density at radius 2 is 0.929 bits per heavy atom. The predicted molar refractivity (Wildman–Crippen MR) is 245 cm³/mol. The summed E-state index contributed by atoms with van der Waals surface area (Å²) in [6.45, 7) is -0.305. The standard InChI is InChI=1S/C44H52N10O16/c45-54-53-30-13-7-26(8-14-30)38(60)48-29(15-18-35(56)46-27-9-3-24(4-10-27)22-33(41(65)66)51-43(69)49-31(39(61)62)2-1-21-55)16-19-36(57)47-28-11-5-25(6-12-28)23-34(42(67)68)52-44(70)50-32(40(63)64)17-20-37(58)59/h3-14,29,31-34,55H,1-2,15-23H2,(H,46,56)(H,47,57)(H,48,60)(H,58,59)(H,61,62)(H,63,64)(H,65,66)(H,67,68)(H2,49,51,69)(H2,50,52,70)/t29?,31-,32-,33-,34-/m0/s1. The van der Waals surface area contributed by atoms with Gasteiger partial charge in [-0.3, -0.25) is 19.2 Å². The van der Waals surface area contributed by atoms with Gasteiger partial charge in [-0.25, -0.2) is 28.8 Å². The third-order valence-corrected chi connectivity index (χ3v) is 10.1. The molecule has 3 aromatic carbocycles. The van der Waals surface area contributed by atoms with Crippen molar-refractivity contribution in [3.8, 4) is 0 Å². The van der Waals surface area contributed by atoms with Gasteiger partial charge in [-0.1, -0.05) is 41.5 Å². The number of aliphatic hydroxyl groups excluding tert-OH is 1. The lowest BCUT2D eigenvalue weighted by Gasteiger charge is -2.19. The summed E-state index contributed by atoms with van der Waals surface area (Å²) in [5, 5.41) is 76.0. The maximum atomic E-state index is 13.2. The number of hydrogen-bond donors (Lipinski definition) is 13. The van der Waals surface area contributed by atoms with E-state index < -0.39 is 103 Å². The van der Waals surface area contributed by atoms with Gasteiger partial charge < -0.3 is 67.9 Å². The largest absolute Gasteiger partial charge is 0.481 e. The number of hydrogen-bond acceptors (Lipinski definition) is 12. The Labute approximate surface area is 397 Å². The summed E-state index contributed by atoms with van der Waals surface area (Å²) in [6, 6.07) is 8.78. The average molecular weight is 977 g/mol. The molecule has 1 unspecified atom stereocenters. The highest BCUT2D eigenvalue weighted by Gasteiger charge is 2.27. The van der Waals surface area contributed by atoms with Crippen LogP contribution in [0.4, 0.5) is 26.7 Å². The molecule has 0 saturated carbocycles. The van der Waals surface area contributed by atoms with Crippen molar-refractivity contribution in [3.05, 3.63) is 99.9 Å². The fraction of sp³-hybridized carbons (Fsp3) is 0.364. The van der Waals surface area contributed by atoms with Crippen LogP contribution in [0.5, 0.6) is 0 Å². The molecule has 0 saturated heterocycles. The minimum absolute atomic E-state index is 0.0535. The van der Waals surface area contributed by atoms with Crippen molar-refractivity contribution in [1.29, 1.82) is 0 Å². The zero-order valence-corrected chi connectivity index (χ0v) is 37.2. The van der Waals surface area contributed by atoms with E-state index in [2.05, 4.69) is 41.9 Å². The number of carboxylic acid groups (broad SMARTS) is 5. The van der Waals surface area contributed by atoms with Crippen molar-refractivity contribution in [1.82, 2.24) is 26.6 Å². The highest BCUT2D eigenvalue weighted by Crippen LogP contribution is 2.18. The molecular weight excluding hydrogens is 925 g/mol. The van der Waals surface area contributed by atoms with E-state index in [1.165, 1.54) is 72.8 Å². The SMILES string of the molecule is [N-]=[N+]=Nc1ccc(C(=O)NC(CCC(=O)Nc2ccc(C[C@H](NC(=O)N[C@@H](CCCO)C(=O)O)C(=O)O)cc2)CCC(=O)Nc2ccc(C[C@H](NC(=O)N[C@@H](CCC(=O)O)C(=O)O)C(=O)O)cc2)cc1. The van der Waals surface area contributed by atoms with Crippen LogP contribution in [-0.2, 0) is 46.4 Å². The first kappa shape index (κ1) is 55.6. The molecule has 26 heteroatoms. The summed E-state index contributed by atoms with van der Waals surface area (Å²) >= 11 is 0. The maximum absolute atomic E-state index is 13.2. The zero-order chi connectivity index (χ0) is 51.8. The normalized spacial score (nSPS) is 12.7. The molecule has 374 valence electrons. The Kier molecular flexibility index (Phi) is 22.6. The second kappa shape index (κ2) is 28.4. The van der Waals surface area contributed by atoms with Crippen LogP contribution in [0.15, 0.2) is 77.9 Å². The number of nitrogens with one attached hydrogen (secondary N) is 7. The van der Waals surface area contributed by atoms with Crippen LogP contribution in [-0.4, -0.2) is 127 Å². The van der Waals surface area contributed by atoms with Crippen LogP contribution >= 0.6 is 0 Å². The molecule has 0 aliphatic heterocycles. The summed E-state index contributed by atoms with van der Waals surface area (Å²) in [4.78, 5) is 124. The van der Waals surface area contributed by atoms with E-state index in [1.807, 2.05) is 5.32 Å². The first-order valence-corrected chi connectivity index (χ1v) is 21.4. The minimum Gasteiger partial charge on any atom is -0.481 e. The average Bonchev–Trinajstić information content (AvgIpc) is 3.30. The van der Waals surface area contributed by atoms with Gasteiger partial charge in [-0.2, -0.15) is 0 Å². The van der Waals surface area contributed by atoms with Crippen LogP contribution in [0.25, 0.3) is 10.4 Å². The number of aliphatic hydroxyl groups is 1. The Balaban J connectivity index is 1.61. The van der Waals surface area contributed by atoms with Crippen molar-refractivity contribution < 1.29 is 78.6 Å². The van der Waals surface area contributed by atoms with Gasteiger partial charge in [-0.05, 0) is 85.2 Å². The van der Waals surface area contributed by atoms with Crippen LogP contribution in [0, 0.1) is 0 Å². The number of rotatable bonds is 29.